The van der Waals surface area contributed by atoms with Gasteiger partial charge < -0.3 is 9.47 Å². The third-order valence-corrected chi connectivity index (χ3v) is 3.62. The number of ether oxygens (including phenoxy) is 2. The molecule has 0 spiro atoms. The predicted molar refractivity (Wildman–Crippen MR) is 88.5 cm³/mol. The van der Waals surface area contributed by atoms with Gasteiger partial charge in [-0.3, -0.25) is 9.59 Å². The molecule has 0 aromatic heterocycles. The summed E-state index contributed by atoms with van der Waals surface area (Å²) in [6.07, 6.45) is 3.78. The van der Waals surface area contributed by atoms with Crippen LogP contribution in [0.2, 0.25) is 0 Å². The summed E-state index contributed by atoms with van der Waals surface area (Å²) in [6.45, 7) is 12.3. The van der Waals surface area contributed by atoms with Crippen molar-refractivity contribution in [3.05, 3.63) is 0 Å². The summed E-state index contributed by atoms with van der Waals surface area (Å²) in [5, 5.41) is 0. The molecule has 0 amide bonds. The van der Waals surface area contributed by atoms with Crippen LogP contribution in [0.3, 0.4) is 0 Å². The van der Waals surface area contributed by atoms with Crippen LogP contribution >= 0.6 is 0 Å². The summed E-state index contributed by atoms with van der Waals surface area (Å²) in [5.74, 6) is 0.276. The monoisotopic (exact) mass is 314 g/mol. The average Bonchev–Trinajstić information content (AvgIpc) is 2.42. The van der Waals surface area contributed by atoms with E-state index < -0.39 is 0 Å². The molecule has 0 aliphatic carbocycles. The first-order valence-electron chi connectivity index (χ1n) is 8.65. The van der Waals surface area contributed by atoms with Gasteiger partial charge in [-0.05, 0) is 38.0 Å². The Kier molecular flexibility index (Phi) is 10.9. The van der Waals surface area contributed by atoms with Gasteiger partial charge in [0.25, 0.3) is 0 Å². The van der Waals surface area contributed by atoms with Gasteiger partial charge in [0.1, 0.15) is 6.10 Å². The zero-order valence-electron chi connectivity index (χ0n) is 15.2. The van der Waals surface area contributed by atoms with Crippen molar-refractivity contribution in [2.24, 2.45) is 11.8 Å². The van der Waals surface area contributed by atoms with Crippen molar-refractivity contribution in [1.82, 2.24) is 0 Å². The molecule has 0 rings (SSSR count). The van der Waals surface area contributed by atoms with E-state index in [4.69, 9.17) is 9.47 Å². The van der Waals surface area contributed by atoms with Crippen LogP contribution in [0.1, 0.15) is 80.1 Å². The second-order valence-electron chi connectivity index (χ2n) is 6.83. The highest BCUT2D eigenvalue weighted by atomic mass is 16.5. The van der Waals surface area contributed by atoms with Gasteiger partial charge >= 0.3 is 11.9 Å². The van der Waals surface area contributed by atoms with Crippen LogP contribution in [0.15, 0.2) is 0 Å². The van der Waals surface area contributed by atoms with Gasteiger partial charge in [0.2, 0.25) is 0 Å². The molecule has 0 aromatic rings. The summed E-state index contributed by atoms with van der Waals surface area (Å²) in [4.78, 5) is 23.5. The molecule has 0 N–H and O–H groups in total. The third-order valence-electron chi connectivity index (χ3n) is 3.62. The lowest BCUT2D eigenvalue weighted by Gasteiger charge is -2.20. The fourth-order valence-electron chi connectivity index (χ4n) is 2.16. The smallest absolute Gasteiger partial charge is 0.306 e. The second-order valence-corrected chi connectivity index (χ2v) is 6.83. The van der Waals surface area contributed by atoms with Crippen molar-refractivity contribution in [2.45, 2.75) is 92.3 Å². The van der Waals surface area contributed by atoms with Crippen LogP contribution in [0.25, 0.3) is 0 Å². The molecule has 0 heterocycles. The minimum absolute atomic E-state index is 0.0570. The molecule has 22 heavy (non-hydrogen) atoms. The molecule has 0 fully saturated rings. The van der Waals surface area contributed by atoms with E-state index in [1.165, 1.54) is 0 Å². The maximum Gasteiger partial charge on any atom is 0.306 e. The van der Waals surface area contributed by atoms with Gasteiger partial charge in [-0.1, -0.05) is 41.0 Å². The lowest BCUT2D eigenvalue weighted by molar-refractivity contribution is -0.157. The Morgan fingerprint density at radius 3 is 1.82 bits per heavy atom. The molecular weight excluding hydrogens is 280 g/mol. The predicted octanol–water partition coefficient (Wildman–Crippen LogP) is 4.50. The number of rotatable bonds is 11. The second kappa shape index (κ2) is 11.5. The van der Waals surface area contributed by atoms with Gasteiger partial charge in [0, 0.05) is 0 Å². The molecular formula is C18H34O4. The normalized spacial score (nSPS) is 14.0. The molecule has 2 unspecified atom stereocenters. The minimum Gasteiger partial charge on any atom is -0.463 e. The summed E-state index contributed by atoms with van der Waals surface area (Å²) >= 11 is 0. The van der Waals surface area contributed by atoms with Crippen LogP contribution in [0.5, 0.6) is 0 Å². The topological polar surface area (TPSA) is 52.6 Å². The highest BCUT2D eigenvalue weighted by molar-refractivity contribution is 5.77. The summed E-state index contributed by atoms with van der Waals surface area (Å²) in [7, 11) is 0. The van der Waals surface area contributed by atoms with E-state index in [0.29, 0.717) is 11.8 Å². The molecule has 0 radical (unpaired) electrons. The first kappa shape index (κ1) is 20.9. The summed E-state index contributed by atoms with van der Waals surface area (Å²) in [5.41, 5.74) is 0. The van der Waals surface area contributed by atoms with E-state index in [9.17, 15) is 9.59 Å². The van der Waals surface area contributed by atoms with Gasteiger partial charge in [0.05, 0.1) is 18.9 Å². The lowest BCUT2D eigenvalue weighted by Crippen LogP contribution is -2.24. The summed E-state index contributed by atoms with van der Waals surface area (Å²) < 4.78 is 10.7. The van der Waals surface area contributed by atoms with E-state index in [1.54, 1.807) is 0 Å². The van der Waals surface area contributed by atoms with Gasteiger partial charge in [0.15, 0.2) is 0 Å². The van der Waals surface area contributed by atoms with E-state index >= 15 is 0 Å². The first-order valence-corrected chi connectivity index (χ1v) is 8.65. The zero-order valence-corrected chi connectivity index (χ0v) is 15.2. The molecule has 0 aliphatic heterocycles. The Bertz CT molecular complexity index is 323. The van der Waals surface area contributed by atoms with Crippen molar-refractivity contribution >= 4 is 11.9 Å². The van der Waals surface area contributed by atoms with E-state index in [2.05, 4.69) is 20.8 Å². The van der Waals surface area contributed by atoms with E-state index in [-0.39, 0.29) is 37.0 Å². The Morgan fingerprint density at radius 1 is 0.818 bits per heavy atom. The van der Waals surface area contributed by atoms with E-state index in [0.717, 1.165) is 25.7 Å². The molecule has 2 atom stereocenters. The molecule has 0 aliphatic rings. The van der Waals surface area contributed by atoms with Crippen molar-refractivity contribution in [3.63, 3.8) is 0 Å². The number of hydrogen-bond donors (Lipinski definition) is 0. The molecule has 4 heteroatoms. The van der Waals surface area contributed by atoms with Crippen LogP contribution in [-0.2, 0) is 19.1 Å². The number of carbonyl (C=O) groups is 2. The van der Waals surface area contributed by atoms with Crippen LogP contribution in [0, 0.1) is 11.8 Å². The van der Waals surface area contributed by atoms with Gasteiger partial charge in [-0.25, -0.2) is 0 Å². The summed E-state index contributed by atoms with van der Waals surface area (Å²) in [6, 6.07) is 0. The average molecular weight is 314 g/mol. The van der Waals surface area contributed by atoms with Gasteiger partial charge in [-0.15, -0.1) is 0 Å². The molecule has 130 valence electrons. The Morgan fingerprint density at radius 2 is 1.36 bits per heavy atom. The number of hydrogen-bond acceptors (Lipinski definition) is 4. The van der Waals surface area contributed by atoms with E-state index in [1.807, 2.05) is 20.8 Å². The Balaban J connectivity index is 4.00. The maximum absolute atomic E-state index is 11.8. The molecule has 4 nitrogen and oxygen atoms in total. The quantitative estimate of drug-likeness (QED) is 0.527. The minimum atomic E-state index is -0.315. The number of esters is 2. The van der Waals surface area contributed by atoms with Gasteiger partial charge in [-0.2, -0.15) is 0 Å². The third kappa shape index (κ3) is 10.6. The van der Waals surface area contributed by atoms with Crippen molar-refractivity contribution < 1.29 is 19.1 Å². The number of carbonyl (C=O) groups excluding carboxylic acids is 2. The SMILES string of the molecule is CCCC(OC(=O)CCC(=O)OC(C)CCC(C)C)C(C)C. The maximum atomic E-state index is 11.8. The van der Waals surface area contributed by atoms with Crippen molar-refractivity contribution in [2.75, 3.05) is 0 Å². The Labute approximate surface area is 135 Å². The lowest BCUT2D eigenvalue weighted by atomic mass is 10.0. The van der Waals surface area contributed by atoms with Crippen LogP contribution < -0.4 is 0 Å². The first-order chi connectivity index (χ1) is 10.3. The highest BCUT2D eigenvalue weighted by Gasteiger charge is 2.19. The fraction of sp³-hybridized carbons (Fsp3) is 0.889. The Hall–Kier alpha value is -1.06. The zero-order chi connectivity index (χ0) is 17.1. The fourth-order valence-corrected chi connectivity index (χ4v) is 2.16. The van der Waals surface area contributed by atoms with Crippen molar-refractivity contribution in [3.8, 4) is 0 Å². The molecule has 0 aromatic carbocycles. The largest absolute Gasteiger partial charge is 0.463 e. The molecule has 0 bridgehead atoms. The van der Waals surface area contributed by atoms with Crippen LogP contribution in [-0.4, -0.2) is 24.1 Å². The van der Waals surface area contributed by atoms with Crippen molar-refractivity contribution in [1.29, 1.82) is 0 Å². The molecule has 0 saturated carbocycles. The standard InChI is InChI=1S/C18H34O4/c1-7-8-16(14(4)5)22-18(20)12-11-17(19)21-15(6)10-9-13(2)3/h13-16H,7-12H2,1-6H3. The molecule has 0 saturated heterocycles. The highest BCUT2D eigenvalue weighted by Crippen LogP contribution is 2.15. The van der Waals surface area contributed by atoms with Crippen LogP contribution in [0.4, 0.5) is 0 Å².